The van der Waals surface area contributed by atoms with Crippen LogP contribution in [0.2, 0.25) is 0 Å². The van der Waals surface area contributed by atoms with E-state index in [4.69, 9.17) is 34.2 Å². The first kappa shape index (κ1) is 42.4. The number of rotatable bonds is 11. The van der Waals surface area contributed by atoms with Crippen LogP contribution in [-0.4, -0.2) is 109 Å². The second-order valence-corrected chi connectivity index (χ2v) is 13.5. The molecule has 16 nitrogen and oxygen atoms in total. The highest BCUT2D eigenvalue weighted by Gasteiger charge is 2.72. The van der Waals surface area contributed by atoms with Crippen LogP contribution >= 0.6 is 0 Å². The van der Waals surface area contributed by atoms with Crippen molar-refractivity contribution in [3.63, 3.8) is 0 Å². The summed E-state index contributed by atoms with van der Waals surface area (Å²) in [5.74, 6) is -8.05. The Morgan fingerprint density at radius 3 is 2.30 bits per heavy atom. The topological polar surface area (TPSA) is 245 Å². The molecule has 57 heavy (non-hydrogen) atoms. The second kappa shape index (κ2) is 16.8. The summed E-state index contributed by atoms with van der Waals surface area (Å²) in [4.78, 5) is 81.0. The lowest BCUT2D eigenvalue weighted by molar-refractivity contribution is -0.181. The molecule has 0 aromatic heterocycles. The van der Waals surface area contributed by atoms with Crippen LogP contribution in [0.15, 0.2) is 54.2 Å². The number of aryl methyl sites for hydroxylation is 1. The number of phenols is 1. The van der Waals surface area contributed by atoms with Crippen molar-refractivity contribution < 1.29 is 72.5 Å². The number of nitrogens with two attached hydrogens (primary N) is 1. The van der Waals surface area contributed by atoms with Crippen LogP contribution in [0.25, 0.3) is 0 Å². The highest BCUT2D eigenvalue weighted by atomic mass is 16.6. The average molecular weight is 790 g/mol. The Morgan fingerprint density at radius 1 is 1.00 bits per heavy atom. The second-order valence-electron chi connectivity index (χ2n) is 13.5. The summed E-state index contributed by atoms with van der Waals surface area (Å²) in [6, 6.07) is 10.9. The summed E-state index contributed by atoms with van der Waals surface area (Å²) in [5.41, 5.74) is -3.49. The molecule has 0 amide bonds. The number of benzene rings is 3. The smallest absolute Gasteiger partial charge is 0.344 e. The van der Waals surface area contributed by atoms with Crippen LogP contribution in [0.5, 0.6) is 11.5 Å². The third-order valence-corrected chi connectivity index (χ3v) is 10.1. The van der Waals surface area contributed by atoms with Gasteiger partial charge in [-0.1, -0.05) is 36.4 Å². The quantitative estimate of drug-likeness (QED) is 0.204. The molecule has 6 rings (SSSR count). The molecule has 0 fully saturated rings. The van der Waals surface area contributed by atoms with Gasteiger partial charge in [-0.05, 0) is 43.5 Å². The number of ketones is 4. The first-order valence-electron chi connectivity index (χ1n) is 17.7. The van der Waals surface area contributed by atoms with Crippen LogP contribution in [0.1, 0.15) is 87.9 Å². The zero-order valence-electron chi connectivity index (χ0n) is 32.1. The zero-order chi connectivity index (χ0) is 42.0. The molecule has 3 aliphatic carbocycles. The predicted octanol–water partition coefficient (Wildman–Crippen LogP) is 2.46. The van der Waals surface area contributed by atoms with E-state index >= 15 is 0 Å². The molecule has 0 radical (unpaired) electrons. The molecule has 3 aromatic rings. The van der Waals surface area contributed by atoms with Crippen LogP contribution in [0, 0.1) is 6.92 Å². The highest BCUT2D eigenvalue weighted by Crippen LogP contribution is 2.57. The van der Waals surface area contributed by atoms with Crippen LogP contribution < -0.4 is 10.5 Å². The van der Waals surface area contributed by atoms with Crippen molar-refractivity contribution in [3.8, 4) is 11.5 Å². The minimum absolute atomic E-state index is 0.0331. The maximum atomic E-state index is 14.7. The fourth-order valence-corrected chi connectivity index (χ4v) is 7.25. The van der Waals surface area contributed by atoms with Gasteiger partial charge in [-0.2, -0.15) is 0 Å². The van der Waals surface area contributed by atoms with E-state index in [9.17, 15) is 44.1 Å². The number of Topliss-reactive ketones (excluding diaryl/α,β-unsaturated/α-hetero) is 3. The van der Waals surface area contributed by atoms with E-state index in [-0.39, 0.29) is 29.4 Å². The summed E-state index contributed by atoms with van der Waals surface area (Å²) in [6.07, 6.45) is -1.44. The molecule has 0 heterocycles. The van der Waals surface area contributed by atoms with Gasteiger partial charge in [0, 0.05) is 50.0 Å². The SMILES string of the molecule is CCOCC(C)OC.COC(=O)c1c(C)cc2c(c1OCC(=O)OCc1ccccc1)[C@]1(O)C(=O)c3cc4c(c(O)c3C(=O)[C@]1(OC)C(O)C2)C(=O)C=C(N)C4=O. The van der Waals surface area contributed by atoms with E-state index in [1.165, 1.54) is 13.0 Å². The molecule has 0 bridgehead atoms. The van der Waals surface area contributed by atoms with Crippen molar-refractivity contribution in [1.82, 2.24) is 0 Å². The molecular formula is C41H43NO15. The standard InChI is InChI=1S/C35H29NO13.C6H14O2/c1-15-9-17-10-22(38)35(47-3)32(43)26-19(11-18-25(29(26)41)21(37)12-20(36)28(18)40)31(42)34(35,45)27(17)30(24(15)33(44)46-2)49-14-23(39)48-13-16-7-5-4-6-8-16;1-4-8-5-6(2)7-3/h4-9,11-12,22,38,41,45H,10,13-14,36H2,1-3H3;6H,4-5H2,1-3H3/t22?,34-,35+;/m0./s1. The number of fused-ring (bicyclic) bond motifs is 5. The van der Waals surface area contributed by atoms with E-state index in [2.05, 4.69) is 0 Å². The van der Waals surface area contributed by atoms with E-state index in [0.717, 1.165) is 33.0 Å². The van der Waals surface area contributed by atoms with Gasteiger partial charge < -0.3 is 49.5 Å². The summed E-state index contributed by atoms with van der Waals surface area (Å²) in [6.45, 7) is 5.94. The number of esters is 2. The molecule has 0 saturated heterocycles. The van der Waals surface area contributed by atoms with Crippen molar-refractivity contribution in [2.75, 3.05) is 41.2 Å². The molecule has 0 spiro atoms. The number of hydrogen-bond donors (Lipinski definition) is 4. The number of ether oxygens (including phenoxy) is 6. The molecule has 2 unspecified atom stereocenters. The Kier molecular flexibility index (Phi) is 12.5. The lowest BCUT2D eigenvalue weighted by Crippen LogP contribution is -2.73. The normalized spacial score (nSPS) is 21.1. The van der Waals surface area contributed by atoms with Crippen molar-refractivity contribution in [3.05, 3.63) is 104 Å². The van der Waals surface area contributed by atoms with Gasteiger partial charge in [0.2, 0.25) is 17.3 Å². The van der Waals surface area contributed by atoms with Gasteiger partial charge in [-0.25, -0.2) is 9.59 Å². The molecule has 4 atom stereocenters. The molecule has 0 saturated carbocycles. The van der Waals surface area contributed by atoms with Gasteiger partial charge in [0.1, 0.15) is 23.7 Å². The number of allylic oxidation sites excluding steroid dienone is 2. The third-order valence-electron chi connectivity index (χ3n) is 10.1. The maximum absolute atomic E-state index is 14.7. The Labute approximate surface area is 327 Å². The van der Waals surface area contributed by atoms with Crippen LogP contribution in [-0.2, 0) is 47.1 Å². The molecule has 0 aliphatic heterocycles. The summed E-state index contributed by atoms with van der Waals surface area (Å²) >= 11 is 0. The minimum atomic E-state index is -3.22. The number of aliphatic hydroxyl groups is 2. The first-order chi connectivity index (χ1) is 27.0. The summed E-state index contributed by atoms with van der Waals surface area (Å²) < 4.78 is 31.6. The number of carbonyl (C=O) groups excluding carboxylic acids is 6. The van der Waals surface area contributed by atoms with Crippen LogP contribution in [0.3, 0.4) is 0 Å². The molecule has 3 aliphatic rings. The average Bonchev–Trinajstić information content (AvgIpc) is 3.19. The zero-order valence-corrected chi connectivity index (χ0v) is 32.1. The number of aromatic hydroxyl groups is 1. The predicted molar refractivity (Wildman–Crippen MR) is 198 cm³/mol. The van der Waals surface area contributed by atoms with Gasteiger partial charge >= 0.3 is 11.9 Å². The number of hydrogen-bond acceptors (Lipinski definition) is 16. The largest absolute Gasteiger partial charge is 0.506 e. The van der Waals surface area contributed by atoms with Gasteiger partial charge in [0.15, 0.2) is 23.6 Å². The van der Waals surface area contributed by atoms with Gasteiger partial charge in [0.25, 0.3) is 0 Å². The molecule has 5 N–H and O–H groups in total. The highest BCUT2D eigenvalue weighted by molar-refractivity contribution is 6.30. The Balaban J connectivity index is 0.000000701. The monoisotopic (exact) mass is 789 g/mol. The molecule has 302 valence electrons. The summed E-state index contributed by atoms with van der Waals surface area (Å²) in [7, 11) is 3.68. The van der Waals surface area contributed by atoms with Crippen molar-refractivity contribution in [2.45, 2.75) is 57.2 Å². The number of methoxy groups -OCH3 is 3. The fraction of sp³-hybridized carbons (Fsp3) is 0.366. The lowest BCUT2D eigenvalue weighted by atomic mass is 9.56. The van der Waals surface area contributed by atoms with E-state index in [0.29, 0.717) is 12.2 Å². The summed E-state index contributed by atoms with van der Waals surface area (Å²) in [5, 5.41) is 35.5. The maximum Gasteiger partial charge on any atom is 0.344 e. The van der Waals surface area contributed by atoms with Crippen LogP contribution in [0.4, 0.5) is 0 Å². The Morgan fingerprint density at radius 2 is 1.68 bits per heavy atom. The first-order valence-corrected chi connectivity index (χ1v) is 17.7. The molecule has 16 heteroatoms. The minimum Gasteiger partial charge on any atom is -0.506 e. The Bertz CT molecular complexity index is 2180. The van der Waals surface area contributed by atoms with Crippen molar-refractivity contribution in [2.24, 2.45) is 5.73 Å². The fourth-order valence-electron chi connectivity index (χ4n) is 7.25. The van der Waals surface area contributed by atoms with Gasteiger partial charge in [0.05, 0.1) is 42.7 Å². The molecular weight excluding hydrogens is 746 g/mol. The van der Waals surface area contributed by atoms with E-state index in [1.807, 2.05) is 13.8 Å². The van der Waals surface area contributed by atoms with E-state index in [1.54, 1.807) is 37.4 Å². The number of carbonyl (C=O) groups is 6. The van der Waals surface area contributed by atoms with Crippen molar-refractivity contribution in [1.29, 1.82) is 0 Å². The third kappa shape index (κ3) is 7.10. The molecule has 3 aromatic carbocycles. The number of phenolic OH excluding ortho intramolecular Hbond substituents is 1. The lowest BCUT2D eigenvalue weighted by Gasteiger charge is -2.53. The van der Waals surface area contributed by atoms with E-state index < -0.39 is 110 Å². The van der Waals surface area contributed by atoms with Crippen molar-refractivity contribution >= 4 is 35.1 Å². The number of aliphatic hydroxyl groups excluding tert-OH is 1. The Hall–Kier alpha value is -5.78. The van der Waals surface area contributed by atoms with Gasteiger partial charge in [-0.15, -0.1) is 0 Å². The van der Waals surface area contributed by atoms with Gasteiger partial charge in [-0.3, -0.25) is 19.2 Å².